The second-order valence-electron chi connectivity index (χ2n) is 5.19. The zero-order valence-electron chi connectivity index (χ0n) is 11.6. The molecule has 1 atom stereocenters. The van der Waals surface area contributed by atoms with Gasteiger partial charge < -0.3 is 5.32 Å². The predicted molar refractivity (Wildman–Crippen MR) is 84.9 cm³/mol. The molecular weight excluding hydrogens is 371 g/mol. The molecule has 1 N–H and O–H groups in total. The molecule has 1 aromatic carbocycles. The lowest BCUT2D eigenvalue weighted by atomic mass is 9.95. The van der Waals surface area contributed by atoms with Gasteiger partial charge in [-0.15, -0.1) is 0 Å². The number of hydrogen-bond acceptors (Lipinski definition) is 3. The molecule has 3 amide bonds. The summed E-state index contributed by atoms with van der Waals surface area (Å²) in [5.74, 6) is -0.836. The van der Waals surface area contributed by atoms with Gasteiger partial charge in [0.1, 0.15) is 11.4 Å². The van der Waals surface area contributed by atoms with Gasteiger partial charge in [0.2, 0.25) is 0 Å². The first kappa shape index (κ1) is 15.2. The summed E-state index contributed by atoms with van der Waals surface area (Å²) in [6, 6.07) is 5.83. The van der Waals surface area contributed by atoms with E-state index < -0.39 is 17.4 Å². The highest BCUT2D eigenvalue weighted by Gasteiger charge is 2.49. The lowest BCUT2D eigenvalue weighted by molar-refractivity contribution is -0.131. The molecule has 4 nitrogen and oxygen atoms in total. The molecule has 1 fully saturated rings. The van der Waals surface area contributed by atoms with Gasteiger partial charge in [-0.25, -0.2) is 9.18 Å². The second kappa shape index (κ2) is 5.48. The lowest BCUT2D eigenvalue weighted by Crippen LogP contribution is -2.40. The van der Waals surface area contributed by atoms with Crippen molar-refractivity contribution in [2.24, 2.45) is 0 Å². The number of halogens is 2. The van der Waals surface area contributed by atoms with Gasteiger partial charge >= 0.3 is 6.03 Å². The van der Waals surface area contributed by atoms with Crippen LogP contribution in [-0.2, 0) is 16.9 Å². The van der Waals surface area contributed by atoms with Crippen LogP contribution in [-0.4, -0.2) is 16.8 Å². The number of thiophene rings is 1. The Morgan fingerprint density at radius 3 is 2.77 bits per heavy atom. The smallest absolute Gasteiger partial charge is 0.319 e. The Morgan fingerprint density at radius 2 is 2.14 bits per heavy atom. The molecule has 1 unspecified atom stereocenters. The van der Waals surface area contributed by atoms with Crippen LogP contribution in [0.1, 0.15) is 18.1 Å². The van der Waals surface area contributed by atoms with Crippen LogP contribution in [0.5, 0.6) is 0 Å². The number of rotatable bonds is 3. The van der Waals surface area contributed by atoms with Crippen molar-refractivity contribution in [3.05, 3.63) is 56.4 Å². The molecular formula is C15H12BrFN2O2S. The highest BCUT2D eigenvalue weighted by molar-refractivity contribution is 9.10. The summed E-state index contributed by atoms with van der Waals surface area (Å²) in [6.07, 6.45) is 0. The summed E-state index contributed by atoms with van der Waals surface area (Å²) in [4.78, 5) is 25.8. The van der Waals surface area contributed by atoms with Gasteiger partial charge in [0.15, 0.2) is 0 Å². The van der Waals surface area contributed by atoms with Crippen molar-refractivity contribution in [3.8, 4) is 0 Å². The zero-order valence-corrected chi connectivity index (χ0v) is 14.0. The number of amides is 3. The first-order chi connectivity index (χ1) is 10.4. The minimum absolute atomic E-state index is 0.0937. The van der Waals surface area contributed by atoms with Crippen LogP contribution in [0, 0.1) is 5.82 Å². The maximum absolute atomic E-state index is 13.9. The molecule has 7 heteroatoms. The third-order valence-electron chi connectivity index (χ3n) is 3.72. The third-order valence-corrected chi connectivity index (χ3v) is 4.89. The third kappa shape index (κ3) is 2.44. The molecule has 0 saturated carbocycles. The summed E-state index contributed by atoms with van der Waals surface area (Å²) in [5, 5.41) is 6.36. The molecule has 1 aliphatic heterocycles. The van der Waals surface area contributed by atoms with Crippen molar-refractivity contribution >= 4 is 39.2 Å². The van der Waals surface area contributed by atoms with Gasteiger partial charge in [-0.05, 0) is 41.4 Å². The average molecular weight is 383 g/mol. The Balaban J connectivity index is 1.89. The van der Waals surface area contributed by atoms with E-state index in [1.165, 1.54) is 17.4 Å². The van der Waals surface area contributed by atoms with Crippen LogP contribution in [0.2, 0.25) is 0 Å². The molecule has 0 aliphatic carbocycles. The zero-order chi connectivity index (χ0) is 15.9. The molecule has 0 bridgehead atoms. The van der Waals surface area contributed by atoms with Crippen molar-refractivity contribution in [3.63, 3.8) is 0 Å². The van der Waals surface area contributed by atoms with Crippen molar-refractivity contribution in [1.82, 2.24) is 10.2 Å². The molecule has 0 radical (unpaired) electrons. The van der Waals surface area contributed by atoms with E-state index in [2.05, 4.69) is 21.2 Å². The van der Waals surface area contributed by atoms with Crippen LogP contribution in [0.4, 0.5) is 9.18 Å². The first-order valence-corrected chi connectivity index (χ1v) is 8.26. The van der Waals surface area contributed by atoms with E-state index >= 15 is 0 Å². The van der Waals surface area contributed by atoms with Gasteiger partial charge in [-0.1, -0.05) is 22.0 Å². The van der Waals surface area contributed by atoms with Crippen LogP contribution in [0.15, 0.2) is 39.5 Å². The number of carbonyl (C=O) groups is 2. The van der Waals surface area contributed by atoms with Crippen LogP contribution >= 0.6 is 27.3 Å². The Hall–Kier alpha value is -1.73. The minimum atomic E-state index is -1.09. The van der Waals surface area contributed by atoms with E-state index in [1.54, 1.807) is 25.1 Å². The maximum atomic E-state index is 13.9. The summed E-state index contributed by atoms with van der Waals surface area (Å²) in [5.41, 5.74) is -0.0703. The van der Waals surface area contributed by atoms with Gasteiger partial charge in [0, 0.05) is 10.0 Å². The van der Waals surface area contributed by atoms with Crippen molar-refractivity contribution in [2.75, 3.05) is 0 Å². The number of benzene rings is 1. The van der Waals surface area contributed by atoms with E-state index in [1.807, 2.05) is 10.8 Å². The number of imide groups is 1. The number of carbonyl (C=O) groups excluding carboxylic acids is 2. The van der Waals surface area contributed by atoms with E-state index in [0.29, 0.717) is 10.0 Å². The quantitative estimate of drug-likeness (QED) is 0.824. The summed E-state index contributed by atoms with van der Waals surface area (Å²) in [6.45, 7) is 1.57. The topological polar surface area (TPSA) is 49.4 Å². The Morgan fingerprint density at radius 1 is 1.36 bits per heavy atom. The fourth-order valence-corrected chi connectivity index (χ4v) is 3.50. The Labute approximate surface area is 139 Å². The Bertz CT molecular complexity index is 750. The largest absolute Gasteiger partial charge is 0.325 e. The summed E-state index contributed by atoms with van der Waals surface area (Å²) >= 11 is 4.63. The maximum Gasteiger partial charge on any atom is 0.325 e. The lowest BCUT2D eigenvalue weighted by Gasteiger charge is -2.20. The minimum Gasteiger partial charge on any atom is -0.319 e. The standard InChI is InChI=1S/C15H12BrFN2O2S/c1-15(10-4-5-22-8-10)13(20)19(14(21)18-15)7-9-2-3-11(16)6-12(9)17/h2-6,8H,7H2,1H3,(H,18,21). The second-order valence-corrected chi connectivity index (χ2v) is 6.89. The predicted octanol–water partition coefficient (Wildman–Crippen LogP) is 3.62. The van der Waals surface area contributed by atoms with Crippen molar-refractivity contribution in [2.45, 2.75) is 19.0 Å². The molecule has 1 saturated heterocycles. The molecule has 114 valence electrons. The molecule has 1 aliphatic rings. The molecule has 2 aromatic rings. The molecule has 22 heavy (non-hydrogen) atoms. The van der Waals surface area contributed by atoms with Crippen molar-refractivity contribution in [1.29, 1.82) is 0 Å². The monoisotopic (exact) mass is 382 g/mol. The number of hydrogen-bond donors (Lipinski definition) is 1. The van der Waals surface area contributed by atoms with E-state index in [9.17, 15) is 14.0 Å². The fourth-order valence-electron chi connectivity index (χ4n) is 2.41. The summed E-state index contributed by atoms with van der Waals surface area (Å²) in [7, 11) is 0. The van der Waals surface area contributed by atoms with Crippen LogP contribution in [0.3, 0.4) is 0 Å². The number of nitrogens with one attached hydrogen (secondary N) is 1. The fraction of sp³-hybridized carbons (Fsp3) is 0.200. The van der Waals surface area contributed by atoms with Gasteiger partial charge in [-0.3, -0.25) is 9.69 Å². The van der Waals surface area contributed by atoms with E-state index in [0.717, 1.165) is 10.5 Å². The average Bonchev–Trinajstić information content (AvgIpc) is 3.06. The SMILES string of the molecule is CC1(c2ccsc2)NC(=O)N(Cc2ccc(Br)cc2F)C1=O. The normalized spacial score (nSPS) is 21.3. The number of nitrogens with zero attached hydrogens (tertiary/aromatic N) is 1. The van der Waals surface area contributed by atoms with Gasteiger partial charge in [0.05, 0.1) is 6.54 Å². The first-order valence-electron chi connectivity index (χ1n) is 6.52. The molecule has 3 rings (SSSR count). The van der Waals surface area contributed by atoms with E-state index in [-0.39, 0.29) is 12.5 Å². The molecule has 2 heterocycles. The van der Waals surface area contributed by atoms with Gasteiger partial charge in [0.25, 0.3) is 5.91 Å². The highest BCUT2D eigenvalue weighted by Crippen LogP contribution is 2.31. The van der Waals surface area contributed by atoms with Crippen LogP contribution in [0.25, 0.3) is 0 Å². The van der Waals surface area contributed by atoms with Crippen molar-refractivity contribution < 1.29 is 14.0 Å². The summed E-state index contributed by atoms with van der Waals surface area (Å²) < 4.78 is 14.5. The van der Waals surface area contributed by atoms with Crippen LogP contribution < -0.4 is 5.32 Å². The number of urea groups is 1. The molecule has 1 aromatic heterocycles. The van der Waals surface area contributed by atoms with Gasteiger partial charge in [-0.2, -0.15) is 11.3 Å². The Kier molecular flexibility index (Phi) is 3.78. The highest BCUT2D eigenvalue weighted by atomic mass is 79.9. The van der Waals surface area contributed by atoms with E-state index in [4.69, 9.17) is 0 Å². The molecule has 0 spiro atoms.